The summed E-state index contributed by atoms with van der Waals surface area (Å²) in [4.78, 5) is 13.6. The van der Waals surface area contributed by atoms with Crippen LogP contribution in [0.2, 0.25) is 0 Å². The highest BCUT2D eigenvalue weighted by molar-refractivity contribution is 7.99. The first kappa shape index (κ1) is 23.3. The van der Waals surface area contributed by atoms with E-state index < -0.39 is 0 Å². The fraction of sp³-hybridized carbons (Fsp3) is 0.423. The van der Waals surface area contributed by atoms with Crippen molar-refractivity contribution in [1.82, 2.24) is 0 Å². The van der Waals surface area contributed by atoms with Gasteiger partial charge in [-0.1, -0.05) is 64.2 Å². The van der Waals surface area contributed by atoms with Gasteiger partial charge in [0.15, 0.2) is 5.78 Å². The third kappa shape index (κ3) is 9.36. The zero-order chi connectivity index (χ0) is 20.7. The molecular weight excluding hydrogens is 376 g/mol. The second-order valence-electron chi connectivity index (χ2n) is 7.26. The summed E-state index contributed by atoms with van der Waals surface area (Å²) in [5.41, 5.74) is 1.72. The van der Waals surface area contributed by atoms with Crippen LogP contribution in [-0.2, 0) is 0 Å². The minimum absolute atomic E-state index is 0.0282. The van der Waals surface area contributed by atoms with Crippen molar-refractivity contribution in [3.63, 3.8) is 0 Å². The topological polar surface area (TPSA) is 26.3 Å². The van der Waals surface area contributed by atoms with Gasteiger partial charge >= 0.3 is 0 Å². The molecule has 2 rings (SSSR count). The Bertz CT molecular complexity index is 732. The molecule has 0 saturated carbocycles. The summed E-state index contributed by atoms with van der Waals surface area (Å²) in [6.07, 6.45) is 12.2. The van der Waals surface area contributed by atoms with Crippen LogP contribution in [0.5, 0.6) is 5.75 Å². The number of hydrogen-bond acceptors (Lipinski definition) is 3. The minimum Gasteiger partial charge on any atom is -0.494 e. The zero-order valence-electron chi connectivity index (χ0n) is 17.9. The molecule has 0 heterocycles. The Labute approximate surface area is 180 Å². The molecule has 3 heteroatoms. The van der Waals surface area contributed by atoms with Crippen molar-refractivity contribution in [3.8, 4) is 5.75 Å². The highest BCUT2D eigenvalue weighted by Gasteiger charge is 2.02. The molecule has 2 aromatic carbocycles. The molecule has 0 amide bonds. The minimum atomic E-state index is 0.0282. The average Bonchev–Trinajstić information content (AvgIpc) is 2.76. The maximum Gasteiger partial charge on any atom is 0.185 e. The van der Waals surface area contributed by atoms with Gasteiger partial charge in [0.2, 0.25) is 0 Å². The van der Waals surface area contributed by atoms with Crippen LogP contribution >= 0.6 is 11.8 Å². The summed E-state index contributed by atoms with van der Waals surface area (Å²) in [5, 5.41) is 0. The van der Waals surface area contributed by atoms with Crippen LogP contribution in [0.4, 0.5) is 0 Å². The van der Waals surface area contributed by atoms with Gasteiger partial charge in [0.25, 0.3) is 0 Å². The van der Waals surface area contributed by atoms with E-state index >= 15 is 0 Å². The first-order valence-electron chi connectivity index (χ1n) is 10.9. The summed E-state index contributed by atoms with van der Waals surface area (Å²) in [6, 6.07) is 15.8. The van der Waals surface area contributed by atoms with Gasteiger partial charge in [-0.05, 0) is 66.6 Å². The molecule has 0 aliphatic rings. The summed E-state index contributed by atoms with van der Waals surface area (Å²) in [6.45, 7) is 5.18. The highest BCUT2D eigenvalue weighted by atomic mass is 32.2. The lowest BCUT2D eigenvalue weighted by molar-refractivity contribution is 0.104. The van der Waals surface area contributed by atoms with Gasteiger partial charge in [-0.3, -0.25) is 4.79 Å². The van der Waals surface area contributed by atoms with E-state index in [2.05, 4.69) is 13.8 Å². The van der Waals surface area contributed by atoms with E-state index in [-0.39, 0.29) is 5.78 Å². The third-order valence-electron chi connectivity index (χ3n) is 4.69. The SMILES string of the molecule is CCCCCCCCOc1ccc(/C=C/C(=O)c2ccc(SCCC)cc2)cc1. The zero-order valence-corrected chi connectivity index (χ0v) is 18.7. The molecule has 2 aromatic rings. The van der Waals surface area contributed by atoms with Crippen LogP contribution < -0.4 is 4.74 Å². The number of ketones is 1. The Morgan fingerprint density at radius 1 is 0.862 bits per heavy atom. The number of benzene rings is 2. The maximum atomic E-state index is 12.4. The number of unbranched alkanes of at least 4 members (excludes halogenated alkanes) is 5. The highest BCUT2D eigenvalue weighted by Crippen LogP contribution is 2.20. The molecule has 0 spiro atoms. The lowest BCUT2D eigenvalue weighted by atomic mass is 10.1. The molecule has 29 heavy (non-hydrogen) atoms. The van der Waals surface area contributed by atoms with Crippen molar-refractivity contribution in [1.29, 1.82) is 0 Å². The van der Waals surface area contributed by atoms with Crippen molar-refractivity contribution < 1.29 is 9.53 Å². The summed E-state index contributed by atoms with van der Waals surface area (Å²) >= 11 is 1.82. The number of carbonyl (C=O) groups is 1. The monoisotopic (exact) mass is 410 g/mol. The molecule has 0 aliphatic heterocycles. The van der Waals surface area contributed by atoms with E-state index in [0.717, 1.165) is 42.1 Å². The average molecular weight is 411 g/mol. The van der Waals surface area contributed by atoms with Gasteiger partial charge in [-0.25, -0.2) is 0 Å². The molecule has 0 N–H and O–H groups in total. The fourth-order valence-corrected chi connectivity index (χ4v) is 3.72. The van der Waals surface area contributed by atoms with Crippen molar-refractivity contribution in [3.05, 3.63) is 65.7 Å². The first-order chi connectivity index (χ1) is 14.2. The smallest absolute Gasteiger partial charge is 0.185 e. The molecule has 0 fully saturated rings. The van der Waals surface area contributed by atoms with Crippen molar-refractivity contribution in [2.45, 2.75) is 63.7 Å². The molecule has 2 nitrogen and oxygen atoms in total. The molecule has 156 valence electrons. The summed E-state index contributed by atoms with van der Waals surface area (Å²) < 4.78 is 5.81. The maximum absolute atomic E-state index is 12.4. The Kier molecular flexibility index (Phi) is 11.3. The van der Waals surface area contributed by atoms with E-state index in [1.165, 1.54) is 37.0 Å². The van der Waals surface area contributed by atoms with Crippen LogP contribution in [0, 0.1) is 0 Å². The van der Waals surface area contributed by atoms with Crippen LogP contribution in [-0.4, -0.2) is 18.1 Å². The summed E-state index contributed by atoms with van der Waals surface area (Å²) in [7, 11) is 0. The molecular formula is C26H34O2S. The van der Waals surface area contributed by atoms with Crippen LogP contribution in [0.3, 0.4) is 0 Å². The van der Waals surface area contributed by atoms with Gasteiger partial charge in [0.05, 0.1) is 6.61 Å². The van der Waals surface area contributed by atoms with Gasteiger partial charge in [-0.2, -0.15) is 0 Å². The normalized spacial score (nSPS) is 11.1. The third-order valence-corrected chi connectivity index (χ3v) is 5.90. The quantitative estimate of drug-likeness (QED) is 0.137. The van der Waals surface area contributed by atoms with Crippen molar-refractivity contribution in [2.75, 3.05) is 12.4 Å². The predicted molar refractivity (Wildman–Crippen MR) is 126 cm³/mol. The molecule has 0 unspecified atom stereocenters. The number of ether oxygens (including phenoxy) is 1. The fourth-order valence-electron chi connectivity index (χ4n) is 2.95. The lowest BCUT2D eigenvalue weighted by Crippen LogP contribution is -1.97. The van der Waals surface area contributed by atoms with Gasteiger partial charge < -0.3 is 4.74 Å². The van der Waals surface area contributed by atoms with E-state index in [1.54, 1.807) is 6.08 Å². The van der Waals surface area contributed by atoms with E-state index in [0.29, 0.717) is 0 Å². The molecule has 0 radical (unpaired) electrons. The number of carbonyl (C=O) groups excluding carboxylic acids is 1. The Balaban J connectivity index is 1.75. The van der Waals surface area contributed by atoms with Gasteiger partial charge in [0.1, 0.15) is 5.75 Å². The van der Waals surface area contributed by atoms with Gasteiger partial charge in [0, 0.05) is 10.5 Å². The molecule has 0 saturated heterocycles. The van der Waals surface area contributed by atoms with Crippen molar-refractivity contribution in [2.24, 2.45) is 0 Å². The summed E-state index contributed by atoms with van der Waals surface area (Å²) in [5.74, 6) is 2.02. The second-order valence-corrected chi connectivity index (χ2v) is 8.42. The number of rotatable bonds is 14. The predicted octanol–water partition coefficient (Wildman–Crippen LogP) is 7.82. The van der Waals surface area contributed by atoms with Crippen LogP contribution in [0.25, 0.3) is 6.08 Å². The molecule has 0 aromatic heterocycles. The lowest BCUT2D eigenvalue weighted by Gasteiger charge is -2.06. The number of hydrogen-bond donors (Lipinski definition) is 0. The standard InChI is InChI=1S/C26H34O2S/c1-3-5-6-7-8-9-20-28-24-15-10-22(11-16-24)12-19-26(27)23-13-17-25(18-14-23)29-21-4-2/h10-19H,3-9,20-21H2,1-2H3/b19-12+. The molecule has 0 aliphatic carbocycles. The largest absolute Gasteiger partial charge is 0.494 e. The van der Waals surface area contributed by atoms with Crippen LogP contribution in [0.15, 0.2) is 59.5 Å². The Morgan fingerprint density at radius 2 is 1.55 bits per heavy atom. The van der Waals surface area contributed by atoms with E-state index in [9.17, 15) is 4.79 Å². The van der Waals surface area contributed by atoms with Crippen LogP contribution in [0.1, 0.15) is 74.7 Å². The first-order valence-corrected chi connectivity index (χ1v) is 11.9. The molecule has 0 bridgehead atoms. The second kappa shape index (κ2) is 14.1. The van der Waals surface area contributed by atoms with Crippen molar-refractivity contribution >= 4 is 23.6 Å². The number of thioether (sulfide) groups is 1. The Hall–Kier alpha value is -2.00. The molecule has 0 atom stereocenters. The van der Waals surface area contributed by atoms with E-state index in [4.69, 9.17) is 4.74 Å². The van der Waals surface area contributed by atoms with Gasteiger partial charge in [-0.15, -0.1) is 11.8 Å². The Morgan fingerprint density at radius 3 is 2.24 bits per heavy atom. The number of allylic oxidation sites excluding steroid dienone is 1. The van der Waals surface area contributed by atoms with E-state index in [1.807, 2.05) is 66.4 Å².